The van der Waals surface area contributed by atoms with Crippen molar-refractivity contribution in [2.45, 2.75) is 141 Å². The van der Waals surface area contributed by atoms with E-state index in [-0.39, 0.29) is 19.1 Å². The molecule has 2 fully saturated rings. The Morgan fingerprint density at radius 3 is 1.56 bits per heavy atom. The molecule has 0 unspecified atom stereocenters. The van der Waals surface area contributed by atoms with Crippen LogP contribution in [0.15, 0.2) is 78.9 Å². The van der Waals surface area contributed by atoms with Gasteiger partial charge < -0.3 is 67.5 Å². The summed E-state index contributed by atoms with van der Waals surface area (Å²) in [6, 6.07) is 20.8. The topological polar surface area (TPSA) is 288 Å². The maximum absolute atomic E-state index is 14.1. The zero-order valence-electron chi connectivity index (χ0n) is 42.4. The highest BCUT2D eigenvalue weighted by Crippen LogP contribution is 2.44. The average Bonchev–Trinajstić information content (AvgIpc) is 3.66. The molecule has 75 heavy (non-hydrogen) atoms. The van der Waals surface area contributed by atoms with Gasteiger partial charge in [-0.25, -0.2) is 9.59 Å². The van der Waals surface area contributed by atoms with Gasteiger partial charge in [0.25, 0.3) is 0 Å². The number of amides is 2. The van der Waals surface area contributed by atoms with E-state index in [4.69, 9.17) is 56.8 Å². The van der Waals surface area contributed by atoms with Crippen LogP contribution >= 0.6 is 0 Å². The third-order valence-corrected chi connectivity index (χ3v) is 11.9. The molecule has 2 N–H and O–H groups in total. The molecule has 0 bridgehead atoms. The number of ether oxygens (including phenoxy) is 12. The standard InChI is InChI=1S/C52H60N2O21/c1-26(42(49(62)66-22-34-16-10-9-11-17-34)54-52(63)67-23-39-37-20-14-12-18-35(37)36-19-13-15-21-38(36)39)68-50-43(53-27(2)55)46(70-31(6)59)44(40(73-50)24-64-28(3)56)75-51-48(72-33(8)61)47(71-32(7)60)45(69-30(5)58)41(74-51)25-65-29(4)57/h9-21,26,39-48,50-51H,22-25H2,1-8H3,(H,53,55)(H,54,63)/t26-,40-,41-,42+,43-,44-,45+,46-,47+,48-,50+,51+/m1/s1. The van der Waals surface area contributed by atoms with E-state index in [1.807, 2.05) is 48.5 Å². The minimum absolute atomic E-state index is 0.125. The molecule has 3 aromatic rings. The third kappa shape index (κ3) is 15.3. The largest absolute Gasteiger partial charge is 0.463 e. The zero-order chi connectivity index (χ0) is 54.5. The summed E-state index contributed by atoms with van der Waals surface area (Å²) < 4.78 is 70.0. The molecule has 23 nitrogen and oxygen atoms in total. The van der Waals surface area contributed by atoms with Gasteiger partial charge in [0.1, 0.15) is 50.8 Å². The number of fused-ring (bicyclic) bond motifs is 3. The third-order valence-electron chi connectivity index (χ3n) is 11.9. The van der Waals surface area contributed by atoms with Crippen molar-refractivity contribution in [1.29, 1.82) is 0 Å². The van der Waals surface area contributed by atoms with Gasteiger partial charge >= 0.3 is 47.9 Å². The van der Waals surface area contributed by atoms with Crippen molar-refractivity contribution in [3.8, 4) is 11.1 Å². The Kier molecular flexibility index (Phi) is 19.8. The van der Waals surface area contributed by atoms with Gasteiger partial charge in [0.05, 0.1) is 6.10 Å². The van der Waals surface area contributed by atoms with Crippen LogP contribution in [-0.4, -0.2) is 147 Å². The lowest BCUT2D eigenvalue weighted by molar-refractivity contribution is -0.352. The van der Waals surface area contributed by atoms with Crippen LogP contribution in [-0.2, 0) is 102 Å². The number of carbonyl (C=O) groups is 9. The lowest BCUT2D eigenvalue weighted by Gasteiger charge is -2.49. The number of alkyl carbamates (subject to hydrolysis) is 1. The second-order valence-corrected chi connectivity index (χ2v) is 17.7. The van der Waals surface area contributed by atoms with E-state index in [1.165, 1.54) is 6.92 Å². The predicted octanol–water partition coefficient (Wildman–Crippen LogP) is 3.23. The van der Waals surface area contributed by atoms with Crippen molar-refractivity contribution in [2.75, 3.05) is 19.8 Å². The first kappa shape index (κ1) is 56.8. The molecule has 3 aromatic carbocycles. The molecule has 2 saturated heterocycles. The smallest absolute Gasteiger partial charge is 0.407 e. The number of hydrogen-bond acceptors (Lipinski definition) is 21. The quantitative estimate of drug-likeness (QED) is 0.121. The molecule has 2 aliphatic heterocycles. The van der Waals surface area contributed by atoms with Crippen molar-refractivity contribution in [2.24, 2.45) is 0 Å². The van der Waals surface area contributed by atoms with E-state index < -0.39 is 140 Å². The van der Waals surface area contributed by atoms with Gasteiger partial charge in [-0.15, -0.1) is 0 Å². The van der Waals surface area contributed by atoms with Crippen LogP contribution in [0.25, 0.3) is 11.1 Å². The summed E-state index contributed by atoms with van der Waals surface area (Å²) in [6.45, 7) is 7.09. The van der Waals surface area contributed by atoms with Crippen molar-refractivity contribution >= 4 is 53.8 Å². The summed E-state index contributed by atoms with van der Waals surface area (Å²) in [4.78, 5) is 116. The highest BCUT2D eigenvalue weighted by molar-refractivity contribution is 5.83. The van der Waals surface area contributed by atoms with Gasteiger partial charge in [-0.2, -0.15) is 0 Å². The molecule has 2 amide bonds. The number of benzene rings is 3. The molecule has 1 aliphatic carbocycles. The molecule has 6 rings (SSSR count). The molecular weight excluding hydrogens is 989 g/mol. The Labute approximate surface area is 431 Å². The Morgan fingerprint density at radius 2 is 1.01 bits per heavy atom. The molecule has 0 aromatic heterocycles. The Balaban J connectivity index is 1.34. The summed E-state index contributed by atoms with van der Waals surface area (Å²) in [5.74, 6) is -7.44. The summed E-state index contributed by atoms with van der Waals surface area (Å²) in [5, 5.41) is 5.19. The summed E-state index contributed by atoms with van der Waals surface area (Å²) in [6.07, 6.45) is -17.7. The van der Waals surface area contributed by atoms with E-state index in [9.17, 15) is 43.2 Å². The minimum atomic E-state index is -1.91. The van der Waals surface area contributed by atoms with E-state index >= 15 is 0 Å². The average molecular weight is 1050 g/mol. The highest BCUT2D eigenvalue weighted by atomic mass is 16.8. The Morgan fingerprint density at radius 1 is 0.520 bits per heavy atom. The summed E-state index contributed by atoms with van der Waals surface area (Å²) in [5.41, 5.74) is 4.45. The monoisotopic (exact) mass is 1050 g/mol. The normalized spacial score (nSPS) is 24.5. The van der Waals surface area contributed by atoms with Crippen molar-refractivity contribution in [3.63, 3.8) is 0 Å². The fourth-order valence-corrected chi connectivity index (χ4v) is 8.93. The van der Waals surface area contributed by atoms with Gasteiger partial charge in [0.15, 0.2) is 43.0 Å². The number of esters is 7. The van der Waals surface area contributed by atoms with Crippen LogP contribution in [0.1, 0.15) is 78.0 Å². The molecule has 2 heterocycles. The Bertz CT molecular complexity index is 2510. The van der Waals surface area contributed by atoms with Crippen LogP contribution in [0.4, 0.5) is 4.79 Å². The predicted molar refractivity (Wildman–Crippen MR) is 254 cm³/mol. The molecule has 12 atom stereocenters. The van der Waals surface area contributed by atoms with Gasteiger partial charge in [0.2, 0.25) is 5.91 Å². The zero-order valence-corrected chi connectivity index (χ0v) is 42.4. The first-order valence-electron chi connectivity index (χ1n) is 23.9. The first-order valence-corrected chi connectivity index (χ1v) is 23.9. The van der Waals surface area contributed by atoms with Gasteiger partial charge in [-0.1, -0.05) is 78.9 Å². The molecule has 404 valence electrons. The van der Waals surface area contributed by atoms with Crippen LogP contribution in [0.3, 0.4) is 0 Å². The van der Waals surface area contributed by atoms with E-state index in [1.54, 1.807) is 30.3 Å². The summed E-state index contributed by atoms with van der Waals surface area (Å²) >= 11 is 0. The van der Waals surface area contributed by atoms with Crippen LogP contribution in [0.2, 0.25) is 0 Å². The Hall–Kier alpha value is -7.47. The lowest BCUT2D eigenvalue weighted by Crippen LogP contribution is -2.69. The maximum atomic E-state index is 14.1. The van der Waals surface area contributed by atoms with E-state index in [0.29, 0.717) is 5.56 Å². The van der Waals surface area contributed by atoms with E-state index in [2.05, 4.69) is 10.6 Å². The molecular formula is C52H60N2O21. The van der Waals surface area contributed by atoms with Crippen molar-refractivity contribution < 1.29 is 100.0 Å². The lowest BCUT2D eigenvalue weighted by atomic mass is 9.94. The fourth-order valence-electron chi connectivity index (χ4n) is 8.93. The minimum Gasteiger partial charge on any atom is -0.463 e. The van der Waals surface area contributed by atoms with Crippen molar-refractivity contribution in [1.82, 2.24) is 10.6 Å². The van der Waals surface area contributed by atoms with Crippen LogP contribution in [0.5, 0.6) is 0 Å². The molecule has 3 aliphatic rings. The first-order chi connectivity index (χ1) is 35.7. The van der Waals surface area contributed by atoms with Crippen LogP contribution < -0.4 is 10.6 Å². The van der Waals surface area contributed by atoms with Gasteiger partial charge in [-0.3, -0.25) is 33.6 Å². The molecule has 0 radical (unpaired) electrons. The number of nitrogens with one attached hydrogen (secondary N) is 2. The van der Waals surface area contributed by atoms with E-state index in [0.717, 1.165) is 70.7 Å². The van der Waals surface area contributed by atoms with Crippen molar-refractivity contribution in [3.05, 3.63) is 95.6 Å². The summed E-state index contributed by atoms with van der Waals surface area (Å²) in [7, 11) is 0. The van der Waals surface area contributed by atoms with Gasteiger partial charge in [0, 0.05) is 54.4 Å². The number of carbonyl (C=O) groups excluding carboxylic acids is 9. The maximum Gasteiger partial charge on any atom is 0.407 e. The molecule has 0 spiro atoms. The number of hydrogen-bond donors (Lipinski definition) is 2. The SMILES string of the molecule is CC(=O)N[C@H]1[C@@H](O[C@H](C)[C@H](NC(=O)OCC2c3ccccc3-c3ccccc32)C(=O)OCc2ccccc2)O[C@H](COC(C)=O)[C@@H](O[C@@H]2O[C@H](COC(C)=O)[C@H](OC(C)=O)[C@H](OC(C)=O)[C@H]2OC(C)=O)[C@@H]1OC(C)=O. The molecule has 23 heteroatoms. The van der Waals surface area contributed by atoms with Crippen LogP contribution in [0, 0.1) is 0 Å². The highest BCUT2D eigenvalue weighted by Gasteiger charge is 2.57. The second kappa shape index (κ2) is 26.1. The molecule has 0 saturated carbocycles. The fraction of sp³-hybridized carbons (Fsp3) is 0.481. The van der Waals surface area contributed by atoms with Gasteiger partial charge in [-0.05, 0) is 34.7 Å². The number of rotatable bonds is 20. The second-order valence-electron chi connectivity index (χ2n) is 17.7.